The molecule has 1 heterocycles. The molecule has 0 radical (unpaired) electrons. The van der Waals surface area contributed by atoms with Crippen LogP contribution in [-0.2, 0) is 0 Å². The average Bonchev–Trinajstić information content (AvgIpc) is 2.60. The van der Waals surface area contributed by atoms with Crippen LogP contribution in [-0.4, -0.2) is 6.54 Å². The second-order valence-electron chi connectivity index (χ2n) is 5.22. The van der Waals surface area contributed by atoms with Gasteiger partial charge < -0.3 is 5.32 Å². The van der Waals surface area contributed by atoms with Crippen LogP contribution in [0.25, 0.3) is 0 Å². The third kappa shape index (κ3) is 3.32. The van der Waals surface area contributed by atoms with Crippen LogP contribution in [0.2, 0.25) is 0 Å². The summed E-state index contributed by atoms with van der Waals surface area (Å²) in [5.74, 6) is 0.853. The first kappa shape index (κ1) is 13.1. The molecule has 0 saturated heterocycles. The van der Waals surface area contributed by atoms with Gasteiger partial charge in [-0.2, -0.15) is 0 Å². The molecule has 2 heteroatoms. The summed E-state index contributed by atoms with van der Waals surface area (Å²) in [6.07, 6.45) is 8.56. The number of nitrogens with one attached hydrogen (secondary N) is 1. The van der Waals surface area contributed by atoms with E-state index in [1.807, 2.05) is 11.3 Å². The molecule has 1 aliphatic carbocycles. The molecular formula is C15H25NS. The van der Waals surface area contributed by atoms with Gasteiger partial charge in [0, 0.05) is 10.9 Å². The molecule has 0 bridgehead atoms. The molecule has 1 aromatic heterocycles. The van der Waals surface area contributed by atoms with Crippen molar-refractivity contribution in [3.05, 3.63) is 21.9 Å². The van der Waals surface area contributed by atoms with Crippen molar-refractivity contribution in [2.75, 3.05) is 6.54 Å². The third-order valence-corrected chi connectivity index (χ3v) is 4.89. The van der Waals surface area contributed by atoms with Gasteiger partial charge in [0.1, 0.15) is 0 Å². The first-order valence-electron chi connectivity index (χ1n) is 7.10. The van der Waals surface area contributed by atoms with Gasteiger partial charge in [0.15, 0.2) is 0 Å². The summed E-state index contributed by atoms with van der Waals surface area (Å²) in [5.41, 5.74) is 1.56. The van der Waals surface area contributed by atoms with E-state index in [4.69, 9.17) is 0 Å². The smallest absolute Gasteiger partial charge is 0.0359 e. The van der Waals surface area contributed by atoms with Gasteiger partial charge in [0.25, 0.3) is 0 Å². The van der Waals surface area contributed by atoms with Gasteiger partial charge in [-0.15, -0.1) is 11.3 Å². The Morgan fingerprint density at radius 1 is 1.29 bits per heavy atom. The van der Waals surface area contributed by atoms with E-state index in [1.165, 1.54) is 43.4 Å². The Kier molecular flexibility index (Phi) is 5.05. The normalized spacial score (nSPS) is 20.1. The Morgan fingerprint density at radius 2 is 2.00 bits per heavy atom. The molecule has 0 aliphatic heterocycles. The Balaban J connectivity index is 2.13. The fourth-order valence-electron chi connectivity index (χ4n) is 3.11. The number of hydrogen-bond acceptors (Lipinski definition) is 2. The summed E-state index contributed by atoms with van der Waals surface area (Å²) in [5, 5.41) is 5.97. The minimum atomic E-state index is 0.601. The molecule has 1 saturated carbocycles. The number of rotatable bonds is 4. The predicted octanol–water partition coefficient (Wildman–Crippen LogP) is 4.68. The SMILES string of the molecule is CCNC(c1ccsc1C)C1CCCCCC1. The van der Waals surface area contributed by atoms with E-state index >= 15 is 0 Å². The fraction of sp³-hybridized carbons (Fsp3) is 0.733. The number of thiophene rings is 1. The lowest BCUT2D eigenvalue weighted by Crippen LogP contribution is -2.28. The van der Waals surface area contributed by atoms with Crippen LogP contribution >= 0.6 is 11.3 Å². The van der Waals surface area contributed by atoms with Crippen molar-refractivity contribution in [2.45, 2.75) is 58.4 Å². The molecule has 1 aliphatic rings. The van der Waals surface area contributed by atoms with Crippen LogP contribution in [0, 0.1) is 12.8 Å². The Bertz CT molecular complexity index is 323. The Hall–Kier alpha value is -0.340. The molecule has 1 nitrogen and oxygen atoms in total. The molecule has 2 rings (SSSR count). The monoisotopic (exact) mass is 251 g/mol. The van der Waals surface area contributed by atoms with Crippen molar-refractivity contribution in [1.82, 2.24) is 5.32 Å². The van der Waals surface area contributed by atoms with Crippen molar-refractivity contribution in [2.24, 2.45) is 5.92 Å². The zero-order valence-electron chi connectivity index (χ0n) is 11.2. The van der Waals surface area contributed by atoms with Crippen molar-refractivity contribution < 1.29 is 0 Å². The molecule has 0 spiro atoms. The largest absolute Gasteiger partial charge is 0.310 e. The van der Waals surface area contributed by atoms with E-state index in [0.29, 0.717) is 6.04 Å². The van der Waals surface area contributed by atoms with E-state index in [1.54, 1.807) is 5.56 Å². The summed E-state index contributed by atoms with van der Waals surface area (Å²) in [6.45, 7) is 5.57. The van der Waals surface area contributed by atoms with Gasteiger partial charge in [0.05, 0.1) is 0 Å². The zero-order chi connectivity index (χ0) is 12.1. The highest BCUT2D eigenvalue weighted by Crippen LogP contribution is 2.36. The second kappa shape index (κ2) is 6.55. The summed E-state index contributed by atoms with van der Waals surface area (Å²) >= 11 is 1.89. The zero-order valence-corrected chi connectivity index (χ0v) is 12.0. The van der Waals surface area contributed by atoms with Crippen LogP contribution in [0.1, 0.15) is 61.9 Å². The van der Waals surface area contributed by atoms with Crippen LogP contribution < -0.4 is 5.32 Å². The van der Waals surface area contributed by atoms with Gasteiger partial charge in [-0.05, 0) is 49.2 Å². The first-order chi connectivity index (χ1) is 8.33. The van der Waals surface area contributed by atoms with Gasteiger partial charge in [-0.3, -0.25) is 0 Å². The van der Waals surface area contributed by atoms with E-state index in [0.717, 1.165) is 12.5 Å². The summed E-state index contributed by atoms with van der Waals surface area (Å²) in [6, 6.07) is 2.93. The topological polar surface area (TPSA) is 12.0 Å². The summed E-state index contributed by atoms with van der Waals surface area (Å²) in [4.78, 5) is 1.50. The molecule has 1 N–H and O–H groups in total. The molecular weight excluding hydrogens is 226 g/mol. The average molecular weight is 251 g/mol. The van der Waals surface area contributed by atoms with E-state index in [2.05, 4.69) is 30.6 Å². The van der Waals surface area contributed by atoms with Crippen LogP contribution in [0.3, 0.4) is 0 Å². The van der Waals surface area contributed by atoms with Gasteiger partial charge >= 0.3 is 0 Å². The minimum absolute atomic E-state index is 0.601. The van der Waals surface area contributed by atoms with Gasteiger partial charge in [0.2, 0.25) is 0 Å². The maximum atomic E-state index is 3.73. The number of hydrogen-bond donors (Lipinski definition) is 1. The predicted molar refractivity (Wildman–Crippen MR) is 76.7 cm³/mol. The minimum Gasteiger partial charge on any atom is -0.310 e. The molecule has 1 fully saturated rings. The Morgan fingerprint density at radius 3 is 2.53 bits per heavy atom. The standard InChI is InChI=1S/C15H25NS/c1-3-16-15(14-10-11-17-12(14)2)13-8-6-4-5-7-9-13/h10-11,13,15-16H,3-9H2,1-2H3. The highest BCUT2D eigenvalue weighted by Gasteiger charge is 2.24. The highest BCUT2D eigenvalue weighted by molar-refractivity contribution is 7.10. The van der Waals surface area contributed by atoms with Crippen LogP contribution in [0.15, 0.2) is 11.4 Å². The quantitative estimate of drug-likeness (QED) is 0.766. The number of aryl methyl sites for hydroxylation is 1. The van der Waals surface area contributed by atoms with Gasteiger partial charge in [-0.25, -0.2) is 0 Å². The summed E-state index contributed by atoms with van der Waals surface area (Å²) in [7, 11) is 0. The van der Waals surface area contributed by atoms with Crippen molar-refractivity contribution in [3.63, 3.8) is 0 Å². The molecule has 96 valence electrons. The highest BCUT2D eigenvalue weighted by atomic mass is 32.1. The maximum Gasteiger partial charge on any atom is 0.0359 e. The lowest BCUT2D eigenvalue weighted by molar-refractivity contribution is 0.330. The van der Waals surface area contributed by atoms with E-state index in [9.17, 15) is 0 Å². The van der Waals surface area contributed by atoms with Crippen molar-refractivity contribution >= 4 is 11.3 Å². The molecule has 1 unspecified atom stereocenters. The second-order valence-corrected chi connectivity index (χ2v) is 6.34. The van der Waals surface area contributed by atoms with Gasteiger partial charge in [-0.1, -0.05) is 32.6 Å². The molecule has 0 aromatic carbocycles. The molecule has 1 atom stereocenters. The van der Waals surface area contributed by atoms with Crippen molar-refractivity contribution in [3.8, 4) is 0 Å². The van der Waals surface area contributed by atoms with Crippen molar-refractivity contribution in [1.29, 1.82) is 0 Å². The van der Waals surface area contributed by atoms with Crippen LogP contribution in [0.4, 0.5) is 0 Å². The lowest BCUT2D eigenvalue weighted by Gasteiger charge is -2.27. The maximum absolute atomic E-state index is 3.73. The van der Waals surface area contributed by atoms with E-state index in [-0.39, 0.29) is 0 Å². The molecule has 1 aromatic rings. The third-order valence-electron chi connectivity index (χ3n) is 4.03. The van der Waals surface area contributed by atoms with Crippen LogP contribution in [0.5, 0.6) is 0 Å². The fourth-order valence-corrected chi connectivity index (χ4v) is 3.86. The lowest BCUT2D eigenvalue weighted by atomic mass is 9.87. The summed E-state index contributed by atoms with van der Waals surface area (Å²) < 4.78 is 0. The first-order valence-corrected chi connectivity index (χ1v) is 7.98. The molecule has 17 heavy (non-hydrogen) atoms. The van der Waals surface area contributed by atoms with E-state index < -0.39 is 0 Å². The molecule has 0 amide bonds. The Labute approximate surface area is 110 Å².